The number of hydrogen-bond donors (Lipinski definition) is 1. The van der Waals surface area contributed by atoms with Crippen molar-refractivity contribution < 1.29 is 14.3 Å². The number of methoxy groups -OCH3 is 2. The lowest BCUT2D eigenvalue weighted by molar-refractivity contribution is 0.112. The van der Waals surface area contributed by atoms with E-state index < -0.39 is 0 Å². The fraction of sp³-hybridized carbons (Fsp3) is 0.188. The highest BCUT2D eigenvalue weighted by Gasteiger charge is 2.13. The summed E-state index contributed by atoms with van der Waals surface area (Å²) in [4.78, 5) is 12.1. The Morgan fingerprint density at radius 3 is 2.30 bits per heavy atom. The number of hydrogen-bond acceptors (Lipinski definition) is 4. The van der Waals surface area contributed by atoms with Gasteiger partial charge in [-0.2, -0.15) is 0 Å². The van der Waals surface area contributed by atoms with E-state index in [2.05, 4.69) is 12.6 Å². The van der Waals surface area contributed by atoms with Crippen LogP contribution in [0.2, 0.25) is 0 Å². The van der Waals surface area contributed by atoms with Gasteiger partial charge < -0.3 is 9.47 Å². The summed E-state index contributed by atoms with van der Waals surface area (Å²) in [7, 11) is 3.12. The van der Waals surface area contributed by atoms with Crippen molar-refractivity contribution in [3.8, 4) is 22.6 Å². The van der Waals surface area contributed by atoms with Gasteiger partial charge in [-0.1, -0.05) is 12.1 Å². The Labute approximate surface area is 123 Å². The number of ether oxygens (including phenoxy) is 2. The fourth-order valence-electron chi connectivity index (χ4n) is 2.06. The molecule has 0 bridgehead atoms. The van der Waals surface area contributed by atoms with Gasteiger partial charge in [0.2, 0.25) is 0 Å². The molecule has 0 amide bonds. The molecular formula is C16H16O3S. The van der Waals surface area contributed by atoms with Crippen molar-refractivity contribution in [2.45, 2.75) is 11.8 Å². The van der Waals surface area contributed by atoms with Crippen LogP contribution in [0.25, 0.3) is 11.1 Å². The van der Waals surface area contributed by atoms with Crippen LogP contribution in [0.3, 0.4) is 0 Å². The number of thiol groups is 1. The molecule has 20 heavy (non-hydrogen) atoms. The van der Waals surface area contributed by atoms with Crippen molar-refractivity contribution in [1.82, 2.24) is 0 Å². The minimum Gasteiger partial charge on any atom is -0.496 e. The zero-order valence-corrected chi connectivity index (χ0v) is 12.5. The zero-order chi connectivity index (χ0) is 14.7. The lowest BCUT2D eigenvalue weighted by Crippen LogP contribution is -1.95. The molecule has 2 aromatic carbocycles. The first-order chi connectivity index (χ1) is 9.60. The zero-order valence-electron chi connectivity index (χ0n) is 11.6. The summed E-state index contributed by atoms with van der Waals surface area (Å²) in [5, 5.41) is 0. The Kier molecular flexibility index (Phi) is 4.35. The van der Waals surface area contributed by atoms with Crippen molar-refractivity contribution in [1.29, 1.82) is 0 Å². The molecule has 104 valence electrons. The van der Waals surface area contributed by atoms with Crippen LogP contribution in [0.1, 0.15) is 15.9 Å². The third-order valence-corrected chi connectivity index (χ3v) is 3.69. The van der Waals surface area contributed by atoms with Gasteiger partial charge in [0, 0.05) is 16.5 Å². The van der Waals surface area contributed by atoms with E-state index in [4.69, 9.17) is 9.47 Å². The molecule has 0 atom stereocenters. The maximum absolute atomic E-state index is 11.2. The topological polar surface area (TPSA) is 35.5 Å². The van der Waals surface area contributed by atoms with E-state index in [1.807, 2.05) is 25.1 Å². The third-order valence-electron chi connectivity index (χ3n) is 3.19. The first kappa shape index (κ1) is 14.5. The lowest BCUT2D eigenvalue weighted by atomic mass is 10.00. The van der Waals surface area contributed by atoms with Gasteiger partial charge in [-0.25, -0.2) is 0 Å². The number of aryl methyl sites for hydroxylation is 1. The van der Waals surface area contributed by atoms with Crippen molar-refractivity contribution in [3.05, 3.63) is 41.5 Å². The summed E-state index contributed by atoms with van der Waals surface area (Å²) < 4.78 is 10.6. The number of aldehydes is 1. The molecule has 0 saturated heterocycles. The second-order valence-corrected chi connectivity index (χ2v) is 4.90. The minimum absolute atomic E-state index is 0.496. The molecule has 0 aromatic heterocycles. The maximum atomic E-state index is 11.2. The van der Waals surface area contributed by atoms with Gasteiger partial charge in [0.05, 0.1) is 19.8 Å². The van der Waals surface area contributed by atoms with E-state index in [1.165, 1.54) is 7.11 Å². The van der Waals surface area contributed by atoms with E-state index >= 15 is 0 Å². The van der Waals surface area contributed by atoms with E-state index in [0.29, 0.717) is 17.1 Å². The van der Waals surface area contributed by atoms with E-state index in [-0.39, 0.29) is 0 Å². The number of carbonyl (C=O) groups excluding carboxylic acids is 1. The van der Waals surface area contributed by atoms with Gasteiger partial charge in [0.15, 0.2) is 6.29 Å². The third kappa shape index (κ3) is 2.65. The van der Waals surface area contributed by atoms with Crippen molar-refractivity contribution >= 4 is 18.9 Å². The molecule has 2 aromatic rings. The molecule has 3 nitrogen and oxygen atoms in total. The van der Waals surface area contributed by atoms with Crippen LogP contribution in [0.4, 0.5) is 0 Å². The second kappa shape index (κ2) is 6.01. The van der Waals surface area contributed by atoms with Crippen LogP contribution in [-0.4, -0.2) is 20.5 Å². The van der Waals surface area contributed by atoms with Crippen LogP contribution in [0.5, 0.6) is 11.5 Å². The average molecular weight is 288 g/mol. The fourth-order valence-corrected chi connectivity index (χ4v) is 2.20. The first-order valence-corrected chi connectivity index (χ1v) is 6.56. The lowest BCUT2D eigenvalue weighted by Gasteiger charge is -2.13. The van der Waals surface area contributed by atoms with Crippen LogP contribution < -0.4 is 9.47 Å². The quantitative estimate of drug-likeness (QED) is 0.687. The van der Waals surface area contributed by atoms with Crippen molar-refractivity contribution in [3.63, 3.8) is 0 Å². The molecular weight excluding hydrogens is 272 g/mol. The Bertz CT molecular complexity index is 650. The summed E-state index contributed by atoms with van der Waals surface area (Å²) in [5.41, 5.74) is 3.39. The molecule has 0 aliphatic heterocycles. The Morgan fingerprint density at radius 2 is 1.75 bits per heavy atom. The average Bonchev–Trinajstić information content (AvgIpc) is 2.48. The van der Waals surface area contributed by atoms with Crippen LogP contribution >= 0.6 is 12.6 Å². The monoisotopic (exact) mass is 288 g/mol. The SMILES string of the molecule is COc1cc(OC)c(-c2ccc(S)c(C)c2)cc1C=O. The summed E-state index contributed by atoms with van der Waals surface area (Å²) in [6.07, 6.45) is 0.779. The van der Waals surface area contributed by atoms with E-state index in [1.54, 1.807) is 19.2 Å². The van der Waals surface area contributed by atoms with Crippen molar-refractivity contribution in [2.24, 2.45) is 0 Å². The van der Waals surface area contributed by atoms with Gasteiger partial charge >= 0.3 is 0 Å². The minimum atomic E-state index is 0.496. The molecule has 0 fully saturated rings. The highest BCUT2D eigenvalue weighted by Crippen LogP contribution is 2.36. The highest BCUT2D eigenvalue weighted by molar-refractivity contribution is 7.80. The Balaban J connectivity index is 2.65. The normalized spacial score (nSPS) is 10.2. The van der Waals surface area contributed by atoms with Crippen LogP contribution in [-0.2, 0) is 0 Å². The van der Waals surface area contributed by atoms with Gasteiger partial charge in [-0.3, -0.25) is 4.79 Å². The Hall–Kier alpha value is -1.94. The summed E-state index contributed by atoms with van der Waals surface area (Å²) in [6, 6.07) is 9.40. The smallest absolute Gasteiger partial charge is 0.153 e. The molecule has 0 N–H and O–H groups in total. The molecule has 0 heterocycles. The number of carbonyl (C=O) groups is 1. The van der Waals surface area contributed by atoms with Crippen LogP contribution in [0.15, 0.2) is 35.2 Å². The molecule has 0 aliphatic carbocycles. The summed E-state index contributed by atoms with van der Waals surface area (Å²) in [6.45, 7) is 1.99. The predicted molar refractivity (Wildman–Crippen MR) is 82.4 cm³/mol. The second-order valence-electron chi connectivity index (χ2n) is 4.41. The first-order valence-electron chi connectivity index (χ1n) is 6.12. The predicted octanol–water partition coefficient (Wildman–Crippen LogP) is 3.78. The molecule has 0 spiro atoms. The van der Waals surface area contributed by atoms with Gasteiger partial charge in [0.1, 0.15) is 11.5 Å². The van der Waals surface area contributed by atoms with Crippen LogP contribution in [0, 0.1) is 6.92 Å². The van der Waals surface area contributed by atoms with E-state index in [9.17, 15) is 4.79 Å². The molecule has 0 aliphatic rings. The van der Waals surface area contributed by atoms with Gasteiger partial charge in [-0.15, -0.1) is 12.6 Å². The summed E-state index contributed by atoms with van der Waals surface area (Å²) in [5.74, 6) is 1.17. The van der Waals surface area contributed by atoms with E-state index in [0.717, 1.165) is 27.9 Å². The Morgan fingerprint density at radius 1 is 1.05 bits per heavy atom. The van der Waals surface area contributed by atoms with Gasteiger partial charge in [-0.05, 0) is 30.2 Å². The molecule has 0 saturated carbocycles. The number of benzene rings is 2. The molecule has 2 rings (SSSR count). The molecule has 0 unspecified atom stereocenters. The van der Waals surface area contributed by atoms with Crippen molar-refractivity contribution in [2.75, 3.05) is 14.2 Å². The number of rotatable bonds is 4. The molecule has 4 heteroatoms. The highest BCUT2D eigenvalue weighted by atomic mass is 32.1. The molecule has 0 radical (unpaired) electrons. The standard InChI is InChI=1S/C16H16O3S/c1-10-6-11(4-5-16(10)20)13-7-12(9-17)14(18-2)8-15(13)19-3/h4-9,20H,1-3H3. The largest absolute Gasteiger partial charge is 0.496 e. The maximum Gasteiger partial charge on any atom is 0.153 e. The van der Waals surface area contributed by atoms with Gasteiger partial charge in [0.25, 0.3) is 0 Å². The summed E-state index contributed by atoms with van der Waals surface area (Å²) >= 11 is 4.37.